The van der Waals surface area contributed by atoms with Crippen LogP contribution in [-0.4, -0.2) is 29.9 Å². The van der Waals surface area contributed by atoms with Crippen LogP contribution in [0.2, 0.25) is 0 Å². The Kier molecular flexibility index (Phi) is 4.37. The molecule has 2 rings (SSSR count). The Morgan fingerprint density at radius 3 is 2.89 bits per heavy atom. The number of halogens is 2. The van der Waals surface area contributed by atoms with Gasteiger partial charge in [-0.25, -0.2) is 8.78 Å². The number of likely N-dealkylation sites (N-methyl/N-ethyl adjacent to an activating group) is 1. The summed E-state index contributed by atoms with van der Waals surface area (Å²) in [7, 11) is 0. The van der Waals surface area contributed by atoms with E-state index in [2.05, 4.69) is 5.32 Å². The third-order valence-electron chi connectivity index (χ3n) is 3.61. The van der Waals surface area contributed by atoms with Crippen LogP contribution in [0.15, 0.2) is 18.2 Å². The predicted octanol–water partition coefficient (Wildman–Crippen LogP) is 2.24. The topological polar surface area (TPSA) is 41.5 Å². The maximum absolute atomic E-state index is 13.5. The third kappa shape index (κ3) is 3.22. The van der Waals surface area contributed by atoms with Crippen molar-refractivity contribution in [3.05, 3.63) is 29.8 Å². The van der Waals surface area contributed by atoms with Crippen LogP contribution in [0.4, 0.5) is 8.78 Å². The zero-order valence-electron chi connectivity index (χ0n) is 11.0. The SMILES string of the molecule is CCNC1(CO)CCC(Oc2ccc(F)cc2F)C1. The summed E-state index contributed by atoms with van der Waals surface area (Å²) in [5.41, 5.74) is -0.337. The molecule has 2 N–H and O–H groups in total. The Bertz CT molecular complexity index is 441. The fraction of sp³-hybridized carbons (Fsp3) is 0.571. The number of hydrogen-bond acceptors (Lipinski definition) is 3. The molecule has 3 nitrogen and oxygen atoms in total. The van der Waals surface area contributed by atoms with E-state index in [4.69, 9.17) is 4.74 Å². The molecule has 5 heteroatoms. The number of ether oxygens (including phenoxy) is 1. The molecular formula is C14H19F2NO2. The van der Waals surface area contributed by atoms with Crippen LogP contribution in [0.1, 0.15) is 26.2 Å². The Balaban J connectivity index is 2.01. The van der Waals surface area contributed by atoms with E-state index in [0.717, 1.165) is 25.5 Å². The van der Waals surface area contributed by atoms with E-state index in [1.165, 1.54) is 12.1 Å². The van der Waals surface area contributed by atoms with Crippen molar-refractivity contribution in [3.8, 4) is 5.75 Å². The molecule has 0 aliphatic heterocycles. The first-order valence-corrected chi connectivity index (χ1v) is 6.56. The highest BCUT2D eigenvalue weighted by atomic mass is 19.1. The number of rotatable bonds is 5. The van der Waals surface area contributed by atoms with Crippen molar-refractivity contribution in [2.24, 2.45) is 0 Å². The van der Waals surface area contributed by atoms with E-state index in [-0.39, 0.29) is 24.0 Å². The summed E-state index contributed by atoms with van der Waals surface area (Å²) in [6.07, 6.45) is 1.98. The molecule has 1 saturated carbocycles. The first-order chi connectivity index (χ1) is 9.08. The minimum atomic E-state index is -0.690. The minimum absolute atomic E-state index is 0.0343. The van der Waals surface area contributed by atoms with Gasteiger partial charge in [-0.15, -0.1) is 0 Å². The lowest BCUT2D eigenvalue weighted by atomic mass is 9.99. The second-order valence-electron chi connectivity index (χ2n) is 5.03. The van der Waals surface area contributed by atoms with Gasteiger partial charge in [-0.05, 0) is 31.5 Å². The monoisotopic (exact) mass is 271 g/mol. The normalized spacial score (nSPS) is 26.6. The van der Waals surface area contributed by atoms with Gasteiger partial charge in [0.15, 0.2) is 11.6 Å². The van der Waals surface area contributed by atoms with E-state index >= 15 is 0 Å². The summed E-state index contributed by atoms with van der Waals surface area (Å²) < 4.78 is 31.9. The molecule has 0 aromatic heterocycles. The van der Waals surface area contributed by atoms with Crippen molar-refractivity contribution in [1.82, 2.24) is 5.32 Å². The summed E-state index contributed by atoms with van der Waals surface area (Å²) in [5, 5.41) is 12.7. The number of benzene rings is 1. The highest BCUT2D eigenvalue weighted by molar-refractivity contribution is 5.25. The van der Waals surface area contributed by atoms with Crippen molar-refractivity contribution in [1.29, 1.82) is 0 Å². The first-order valence-electron chi connectivity index (χ1n) is 6.56. The molecule has 0 amide bonds. The average Bonchev–Trinajstić information content (AvgIpc) is 2.77. The van der Waals surface area contributed by atoms with Gasteiger partial charge in [0.25, 0.3) is 0 Å². The second-order valence-corrected chi connectivity index (χ2v) is 5.03. The standard InChI is InChI=1S/C14H19F2NO2/c1-2-17-14(9-18)6-5-11(8-14)19-13-4-3-10(15)7-12(13)16/h3-4,7,11,17-18H,2,5-6,8-9H2,1H3. The van der Waals surface area contributed by atoms with Crippen LogP contribution >= 0.6 is 0 Å². The molecular weight excluding hydrogens is 252 g/mol. The molecule has 1 aliphatic rings. The molecule has 0 heterocycles. The summed E-state index contributed by atoms with van der Waals surface area (Å²) in [4.78, 5) is 0. The molecule has 0 saturated heterocycles. The van der Waals surface area contributed by atoms with Gasteiger partial charge in [0, 0.05) is 18.0 Å². The fourth-order valence-electron chi connectivity index (χ4n) is 2.66. The van der Waals surface area contributed by atoms with Crippen LogP contribution < -0.4 is 10.1 Å². The van der Waals surface area contributed by atoms with Crippen molar-refractivity contribution in [2.75, 3.05) is 13.2 Å². The lowest BCUT2D eigenvalue weighted by molar-refractivity contribution is 0.139. The maximum Gasteiger partial charge on any atom is 0.167 e. The maximum atomic E-state index is 13.5. The van der Waals surface area contributed by atoms with E-state index in [1.807, 2.05) is 6.92 Å². The number of aliphatic hydroxyl groups is 1. The first kappa shape index (κ1) is 14.2. The molecule has 1 aliphatic carbocycles. The van der Waals surface area contributed by atoms with Crippen molar-refractivity contribution in [2.45, 2.75) is 37.8 Å². The number of aliphatic hydroxyl groups excluding tert-OH is 1. The molecule has 19 heavy (non-hydrogen) atoms. The van der Waals surface area contributed by atoms with Gasteiger partial charge < -0.3 is 15.2 Å². The van der Waals surface area contributed by atoms with Gasteiger partial charge in [-0.2, -0.15) is 0 Å². The fourth-order valence-corrected chi connectivity index (χ4v) is 2.66. The summed E-state index contributed by atoms with van der Waals surface area (Å²) in [6.45, 7) is 2.77. The molecule has 0 radical (unpaired) electrons. The molecule has 2 atom stereocenters. The largest absolute Gasteiger partial charge is 0.487 e. The van der Waals surface area contributed by atoms with E-state index < -0.39 is 11.6 Å². The molecule has 1 aromatic rings. The molecule has 1 aromatic carbocycles. The second kappa shape index (κ2) is 5.84. The Morgan fingerprint density at radius 1 is 1.47 bits per heavy atom. The smallest absolute Gasteiger partial charge is 0.167 e. The summed E-state index contributed by atoms with van der Waals surface area (Å²) in [6, 6.07) is 3.29. The Hall–Kier alpha value is -1.20. The number of hydrogen-bond donors (Lipinski definition) is 2. The highest BCUT2D eigenvalue weighted by Crippen LogP contribution is 2.33. The molecule has 2 unspecified atom stereocenters. The van der Waals surface area contributed by atoms with Crippen LogP contribution in [0.25, 0.3) is 0 Å². The van der Waals surface area contributed by atoms with Gasteiger partial charge in [0.1, 0.15) is 11.9 Å². The van der Waals surface area contributed by atoms with Gasteiger partial charge >= 0.3 is 0 Å². The van der Waals surface area contributed by atoms with Gasteiger partial charge in [-0.1, -0.05) is 6.92 Å². The van der Waals surface area contributed by atoms with Crippen LogP contribution in [0.5, 0.6) is 5.75 Å². The zero-order valence-corrected chi connectivity index (χ0v) is 11.0. The summed E-state index contributed by atoms with van der Waals surface area (Å²) >= 11 is 0. The van der Waals surface area contributed by atoms with Crippen molar-refractivity contribution in [3.63, 3.8) is 0 Å². The van der Waals surface area contributed by atoms with E-state index in [0.29, 0.717) is 6.42 Å². The lowest BCUT2D eigenvalue weighted by Crippen LogP contribution is -2.46. The van der Waals surface area contributed by atoms with E-state index in [1.54, 1.807) is 0 Å². The van der Waals surface area contributed by atoms with Crippen molar-refractivity contribution < 1.29 is 18.6 Å². The summed E-state index contributed by atoms with van der Waals surface area (Å²) in [5.74, 6) is -1.24. The van der Waals surface area contributed by atoms with Gasteiger partial charge in [0.05, 0.1) is 6.61 Å². The third-order valence-corrected chi connectivity index (χ3v) is 3.61. The van der Waals surface area contributed by atoms with Gasteiger partial charge in [-0.3, -0.25) is 0 Å². The Morgan fingerprint density at radius 2 is 2.26 bits per heavy atom. The Labute approximate surface area is 111 Å². The predicted molar refractivity (Wildman–Crippen MR) is 68.1 cm³/mol. The van der Waals surface area contributed by atoms with Crippen LogP contribution in [-0.2, 0) is 0 Å². The van der Waals surface area contributed by atoms with Crippen molar-refractivity contribution >= 4 is 0 Å². The zero-order chi connectivity index (χ0) is 13.9. The minimum Gasteiger partial charge on any atom is -0.487 e. The highest BCUT2D eigenvalue weighted by Gasteiger charge is 2.39. The van der Waals surface area contributed by atoms with Crippen LogP contribution in [0.3, 0.4) is 0 Å². The lowest BCUT2D eigenvalue weighted by Gasteiger charge is -2.27. The molecule has 0 spiro atoms. The molecule has 106 valence electrons. The quantitative estimate of drug-likeness (QED) is 0.863. The average molecular weight is 271 g/mol. The van der Waals surface area contributed by atoms with E-state index in [9.17, 15) is 13.9 Å². The molecule has 1 fully saturated rings. The molecule has 0 bridgehead atoms. The van der Waals surface area contributed by atoms with Crippen LogP contribution in [0, 0.1) is 11.6 Å². The number of nitrogens with one attached hydrogen (secondary N) is 1. The van der Waals surface area contributed by atoms with Gasteiger partial charge in [0.2, 0.25) is 0 Å².